The number of esters is 1. The van der Waals surface area contributed by atoms with Gasteiger partial charge in [0.05, 0.1) is 17.1 Å². The summed E-state index contributed by atoms with van der Waals surface area (Å²) in [5.41, 5.74) is 3.28. The minimum Gasteiger partial charge on any atom is -0.462 e. The lowest BCUT2D eigenvalue weighted by Gasteiger charge is -2.10. The molecule has 0 atom stereocenters. The molecule has 0 spiro atoms. The molecule has 0 amide bonds. The van der Waals surface area contributed by atoms with Crippen molar-refractivity contribution in [1.29, 1.82) is 5.26 Å². The molecule has 0 unspecified atom stereocenters. The SMILES string of the molecule is CCOC(=O)c1ccc(-n2c(C)cc(/C=C(\C#N)C(=O)c3cccc([N+](=O)[O-])c3)c2C)cc1. The first-order valence-electron chi connectivity index (χ1n) is 10.1. The predicted molar refractivity (Wildman–Crippen MR) is 122 cm³/mol. The monoisotopic (exact) mass is 443 g/mol. The van der Waals surface area contributed by atoms with Crippen molar-refractivity contribution >= 4 is 23.5 Å². The van der Waals surface area contributed by atoms with Gasteiger partial charge in [0.2, 0.25) is 5.78 Å². The number of ketones is 1. The number of rotatable bonds is 7. The number of aromatic nitrogens is 1. The molecule has 0 aliphatic carbocycles. The Hall–Kier alpha value is -4.51. The number of nitro groups is 1. The fraction of sp³-hybridized carbons (Fsp3) is 0.160. The van der Waals surface area contributed by atoms with Crippen LogP contribution >= 0.6 is 0 Å². The molecule has 0 aliphatic heterocycles. The Morgan fingerprint density at radius 1 is 1.12 bits per heavy atom. The van der Waals surface area contributed by atoms with Gasteiger partial charge in [0, 0.05) is 34.8 Å². The smallest absolute Gasteiger partial charge is 0.338 e. The van der Waals surface area contributed by atoms with E-state index < -0.39 is 16.7 Å². The minimum atomic E-state index is -0.593. The van der Waals surface area contributed by atoms with Crippen molar-refractivity contribution in [3.05, 3.63) is 98.4 Å². The maximum Gasteiger partial charge on any atom is 0.338 e. The number of Topliss-reactive ketones (excluding diaryl/α,β-unsaturated/α-hetero) is 1. The molecule has 0 N–H and O–H groups in total. The van der Waals surface area contributed by atoms with Crippen LogP contribution in [0.15, 0.2) is 60.2 Å². The van der Waals surface area contributed by atoms with E-state index in [2.05, 4.69) is 0 Å². The molecule has 0 radical (unpaired) electrons. The van der Waals surface area contributed by atoms with Gasteiger partial charge < -0.3 is 9.30 Å². The zero-order valence-electron chi connectivity index (χ0n) is 18.4. The van der Waals surface area contributed by atoms with Crippen LogP contribution in [0.2, 0.25) is 0 Å². The molecule has 1 heterocycles. The quantitative estimate of drug-likeness (QED) is 0.127. The van der Waals surface area contributed by atoms with Crippen LogP contribution in [-0.4, -0.2) is 27.8 Å². The normalized spacial score (nSPS) is 11.0. The third kappa shape index (κ3) is 4.88. The second-order valence-corrected chi connectivity index (χ2v) is 7.24. The van der Waals surface area contributed by atoms with Crippen molar-refractivity contribution in [1.82, 2.24) is 4.57 Å². The topological polar surface area (TPSA) is 115 Å². The molecule has 0 aliphatic rings. The van der Waals surface area contributed by atoms with Crippen molar-refractivity contribution in [3.63, 3.8) is 0 Å². The standard InChI is InChI=1S/C25H21N3O5/c1-4-33-25(30)18-8-10-22(11-9-18)27-16(2)12-20(17(27)3)13-21(15-26)24(29)19-6-5-7-23(14-19)28(31)32/h5-14H,4H2,1-3H3/b21-13+. The highest BCUT2D eigenvalue weighted by Gasteiger charge is 2.18. The molecule has 8 nitrogen and oxygen atoms in total. The van der Waals surface area contributed by atoms with Crippen LogP contribution in [-0.2, 0) is 4.74 Å². The number of hydrogen-bond acceptors (Lipinski definition) is 6. The first-order valence-corrected chi connectivity index (χ1v) is 10.1. The summed E-state index contributed by atoms with van der Waals surface area (Å²) in [6, 6.07) is 16.0. The second kappa shape index (κ2) is 9.75. The number of aryl methyl sites for hydroxylation is 1. The summed E-state index contributed by atoms with van der Waals surface area (Å²) in [4.78, 5) is 35.1. The van der Waals surface area contributed by atoms with E-state index in [9.17, 15) is 25.0 Å². The van der Waals surface area contributed by atoms with Gasteiger partial charge in [0.15, 0.2) is 0 Å². The van der Waals surface area contributed by atoms with Gasteiger partial charge in [-0.15, -0.1) is 0 Å². The first-order chi connectivity index (χ1) is 15.8. The summed E-state index contributed by atoms with van der Waals surface area (Å²) < 4.78 is 6.95. The van der Waals surface area contributed by atoms with Crippen LogP contribution in [0.3, 0.4) is 0 Å². The molecule has 0 bridgehead atoms. The summed E-state index contributed by atoms with van der Waals surface area (Å²) in [5.74, 6) is -0.989. The highest BCUT2D eigenvalue weighted by atomic mass is 16.6. The lowest BCUT2D eigenvalue weighted by molar-refractivity contribution is -0.384. The molecule has 3 rings (SSSR count). The van der Waals surface area contributed by atoms with Crippen LogP contribution in [0, 0.1) is 35.3 Å². The van der Waals surface area contributed by atoms with E-state index in [4.69, 9.17) is 4.74 Å². The van der Waals surface area contributed by atoms with Crippen LogP contribution in [0.25, 0.3) is 11.8 Å². The Kier molecular flexibility index (Phi) is 6.84. The molecule has 3 aromatic rings. The molecule has 0 fully saturated rings. The van der Waals surface area contributed by atoms with E-state index in [0.717, 1.165) is 23.1 Å². The average molecular weight is 443 g/mol. The number of benzene rings is 2. The molecule has 166 valence electrons. The van der Waals surface area contributed by atoms with Crippen molar-refractivity contribution in [2.75, 3.05) is 6.61 Å². The van der Waals surface area contributed by atoms with Crippen LogP contribution in [0.1, 0.15) is 44.6 Å². The molecule has 2 aromatic carbocycles. The molecule has 0 saturated heterocycles. The van der Waals surface area contributed by atoms with E-state index in [1.807, 2.05) is 30.6 Å². The van der Waals surface area contributed by atoms with E-state index in [0.29, 0.717) is 17.7 Å². The minimum absolute atomic E-state index is 0.0698. The Bertz CT molecular complexity index is 1310. The maximum absolute atomic E-state index is 12.8. The average Bonchev–Trinajstić information content (AvgIpc) is 3.09. The van der Waals surface area contributed by atoms with Gasteiger partial charge in [0.25, 0.3) is 5.69 Å². The van der Waals surface area contributed by atoms with Gasteiger partial charge in [-0.25, -0.2) is 4.79 Å². The lowest BCUT2D eigenvalue weighted by Crippen LogP contribution is -2.05. The molecular weight excluding hydrogens is 422 g/mol. The van der Waals surface area contributed by atoms with E-state index >= 15 is 0 Å². The fourth-order valence-corrected chi connectivity index (χ4v) is 3.51. The third-order valence-corrected chi connectivity index (χ3v) is 5.09. The highest BCUT2D eigenvalue weighted by molar-refractivity contribution is 6.14. The number of nitro benzene ring substituents is 1. The molecule has 1 aromatic heterocycles. The van der Waals surface area contributed by atoms with Crippen molar-refractivity contribution in [2.24, 2.45) is 0 Å². The Morgan fingerprint density at radius 2 is 1.82 bits per heavy atom. The summed E-state index contributed by atoms with van der Waals surface area (Å²) in [7, 11) is 0. The molecule has 8 heteroatoms. The van der Waals surface area contributed by atoms with Crippen LogP contribution in [0.5, 0.6) is 0 Å². The number of non-ortho nitro benzene ring substituents is 1. The first kappa shape index (κ1) is 23.2. The van der Waals surface area contributed by atoms with Gasteiger partial charge in [-0.05, 0) is 62.7 Å². The number of carbonyl (C=O) groups is 2. The van der Waals surface area contributed by atoms with Gasteiger partial charge in [0.1, 0.15) is 11.6 Å². The highest BCUT2D eigenvalue weighted by Crippen LogP contribution is 2.24. The second-order valence-electron chi connectivity index (χ2n) is 7.24. The Morgan fingerprint density at radius 3 is 2.42 bits per heavy atom. The largest absolute Gasteiger partial charge is 0.462 e. The van der Waals surface area contributed by atoms with Crippen molar-refractivity contribution in [2.45, 2.75) is 20.8 Å². The lowest BCUT2D eigenvalue weighted by atomic mass is 10.0. The van der Waals surface area contributed by atoms with Crippen molar-refractivity contribution < 1.29 is 19.2 Å². The zero-order chi connectivity index (χ0) is 24.1. The fourth-order valence-electron chi connectivity index (χ4n) is 3.51. The molecular formula is C25H21N3O5. The summed E-state index contributed by atoms with van der Waals surface area (Å²) >= 11 is 0. The number of allylic oxidation sites excluding steroid dienone is 1. The van der Waals surface area contributed by atoms with Gasteiger partial charge in [-0.2, -0.15) is 5.26 Å². The zero-order valence-corrected chi connectivity index (χ0v) is 18.4. The predicted octanol–water partition coefficient (Wildman–Crippen LogP) is 4.97. The van der Waals surface area contributed by atoms with E-state index in [-0.39, 0.29) is 16.8 Å². The van der Waals surface area contributed by atoms with Crippen LogP contribution < -0.4 is 0 Å². The number of hydrogen-bond donors (Lipinski definition) is 0. The van der Waals surface area contributed by atoms with Crippen LogP contribution in [0.4, 0.5) is 5.69 Å². The van der Waals surface area contributed by atoms with Crippen molar-refractivity contribution in [3.8, 4) is 11.8 Å². The molecule has 0 saturated carbocycles. The van der Waals surface area contributed by atoms with E-state index in [1.165, 1.54) is 24.3 Å². The number of nitrogens with zero attached hydrogens (tertiary/aromatic N) is 3. The van der Waals surface area contributed by atoms with Gasteiger partial charge in [-0.3, -0.25) is 14.9 Å². The number of ether oxygens (including phenoxy) is 1. The third-order valence-electron chi connectivity index (χ3n) is 5.09. The summed E-state index contributed by atoms with van der Waals surface area (Å²) in [6.45, 7) is 5.78. The summed E-state index contributed by atoms with van der Waals surface area (Å²) in [6.07, 6.45) is 1.48. The van der Waals surface area contributed by atoms with Gasteiger partial charge in [-0.1, -0.05) is 12.1 Å². The summed E-state index contributed by atoms with van der Waals surface area (Å²) in [5, 5.41) is 20.6. The Labute approximate surface area is 190 Å². The number of nitriles is 1. The maximum atomic E-state index is 12.8. The molecule has 33 heavy (non-hydrogen) atoms. The number of carbonyl (C=O) groups excluding carboxylic acids is 2. The van der Waals surface area contributed by atoms with Gasteiger partial charge >= 0.3 is 5.97 Å². The van der Waals surface area contributed by atoms with E-state index in [1.54, 1.807) is 31.2 Å². The Balaban J connectivity index is 1.96.